The lowest BCUT2D eigenvalue weighted by atomic mass is 10.1. The number of thiophene rings is 1. The number of para-hydroxylation sites is 1. The molecular formula is C24H27N3O3S2. The zero-order valence-corrected chi connectivity index (χ0v) is 20.1. The van der Waals surface area contributed by atoms with Gasteiger partial charge in [-0.1, -0.05) is 36.9 Å². The molecule has 0 saturated carbocycles. The fraction of sp³-hybridized carbons (Fsp3) is 0.458. The molecular weight excluding hydrogens is 442 g/mol. The number of hydrogen-bond donors (Lipinski definition) is 0. The van der Waals surface area contributed by atoms with Gasteiger partial charge in [0.2, 0.25) is 5.91 Å². The summed E-state index contributed by atoms with van der Waals surface area (Å²) in [6, 6.07) is 8.06. The molecule has 2 aliphatic rings. The van der Waals surface area contributed by atoms with Crippen molar-refractivity contribution in [3.63, 3.8) is 0 Å². The molecule has 5 rings (SSSR count). The van der Waals surface area contributed by atoms with Crippen molar-refractivity contribution in [2.24, 2.45) is 0 Å². The average Bonchev–Trinajstić information content (AvgIpc) is 3.52. The van der Waals surface area contributed by atoms with Crippen LogP contribution in [-0.4, -0.2) is 40.5 Å². The third-order valence-corrected chi connectivity index (χ3v) is 8.36. The first kappa shape index (κ1) is 21.7. The largest absolute Gasteiger partial charge is 0.376 e. The van der Waals surface area contributed by atoms with Crippen molar-refractivity contribution in [2.45, 2.75) is 57.3 Å². The Kier molecular flexibility index (Phi) is 6.09. The number of amides is 1. The number of hydrogen-bond acceptors (Lipinski definition) is 6. The van der Waals surface area contributed by atoms with Crippen molar-refractivity contribution >= 4 is 44.9 Å². The minimum Gasteiger partial charge on any atom is -0.376 e. The normalized spacial score (nSPS) is 17.9. The standard InChI is InChI=1S/C24H27N3O3S2/c1-3-18-15(2)32-22-21(18)23(29)27(13-17-8-6-12-30-17)24(25-22)31-14-20(28)26-11-10-16-7-4-5-9-19(16)26/h4-5,7,9,17H,3,6,8,10-14H2,1-2H3. The summed E-state index contributed by atoms with van der Waals surface area (Å²) < 4.78 is 7.57. The second kappa shape index (κ2) is 9.00. The van der Waals surface area contributed by atoms with Gasteiger partial charge in [0.1, 0.15) is 4.83 Å². The number of anilines is 1. The Hall–Kier alpha value is -2.16. The van der Waals surface area contributed by atoms with E-state index < -0.39 is 0 Å². The fourth-order valence-corrected chi connectivity index (χ4v) is 6.76. The molecule has 0 aliphatic carbocycles. The summed E-state index contributed by atoms with van der Waals surface area (Å²) in [6.45, 7) is 6.06. The van der Waals surface area contributed by atoms with Crippen LogP contribution in [0, 0.1) is 6.92 Å². The maximum Gasteiger partial charge on any atom is 0.263 e. The molecule has 3 aromatic rings. The summed E-state index contributed by atoms with van der Waals surface area (Å²) in [4.78, 5) is 35.3. The molecule has 1 aromatic carbocycles. The summed E-state index contributed by atoms with van der Waals surface area (Å²) in [6.07, 6.45) is 3.68. The molecule has 1 amide bonds. The van der Waals surface area contributed by atoms with Crippen molar-refractivity contribution in [1.29, 1.82) is 0 Å². The summed E-state index contributed by atoms with van der Waals surface area (Å²) in [5, 5.41) is 1.35. The van der Waals surface area contributed by atoms with Gasteiger partial charge in [-0.3, -0.25) is 14.2 Å². The first-order chi connectivity index (χ1) is 15.6. The van der Waals surface area contributed by atoms with Crippen molar-refractivity contribution in [2.75, 3.05) is 23.8 Å². The number of aromatic nitrogens is 2. The molecule has 2 aromatic heterocycles. The van der Waals surface area contributed by atoms with Gasteiger partial charge < -0.3 is 9.64 Å². The number of aryl methyl sites for hydroxylation is 2. The van der Waals surface area contributed by atoms with Gasteiger partial charge in [-0.25, -0.2) is 4.98 Å². The molecule has 2 aliphatic heterocycles. The van der Waals surface area contributed by atoms with Crippen LogP contribution < -0.4 is 10.5 Å². The van der Waals surface area contributed by atoms with E-state index in [2.05, 4.69) is 19.9 Å². The van der Waals surface area contributed by atoms with Crippen molar-refractivity contribution < 1.29 is 9.53 Å². The lowest BCUT2D eigenvalue weighted by Crippen LogP contribution is -2.32. The summed E-state index contributed by atoms with van der Waals surface area (Å²) in [7, 11) is 0. The summed E-state index contributed by atoms with van der Waals surface area (Å²) in [5.41, 5.74) is 3.29. The van der Waals surface area contributed by atoms with Crippen molar-refractivity contribution in [1.82, 2.24) is 9.55 Å². The number of carbonyl (C=O) groups is 1. The monoisotopic (exact) mass is 469 g/mol. The van der Waals surface area contributed by atoms with E-state index in [1.807, 2.05) is 23.1 Å². The highest BCUT2D eigenvalue weighted by atomic mass is 32.2. The second-order valence-electron chi connectivity index (χ2n) is 8.33. The predicted molar refractivity (Wildman–Crippen MR) is 130 cm³/mol. The molecule has 0 N–H and O–H groups in total. The Bertz CT molecular complexity index is 1230. The highest BCUT2D eigenvalue weighted by Crippen LogP contribution is 2.31. The molecule has 6 nitrogen and oxygen atoms in total. The van der Waals surface area contributed by atoms with Crippen LogP contribution in [0.25, 0.3) is 10.2 Å². The van der Waals surface area contributed by atoms with Crippen LogP contribution in [0.2, 0.25) is 0 Å². The number of fused-ring (bicyclic) bond motifs is 2. The number of benzene rings is 1. The van der Waals surface area contributed by atoms with E-state index in [1.54, 1.807) is 15.9 Å². The van der Waals surface area contributed by atoms with Gasteiger partial charge in [-0.15, -0.1) is 11.3 Å². The van der Waals surface area contributed by atoms with E-state index in [0.717, 1.165) is 58.6 Å². The molecule has 0 bridgehead atoms. The quantitative estimate of drug-likeness (QED) is 0.400. The van der Waals surface area contributed by atoms with Crippen LogP contribution in [0.4, 0.5) is 5.69 Å². The zero-order chi connectivity index (χ0) is 22.2. The highest BCUT2D eigenvalue weighted by Gasteiger charge is 2.26. The van der Waals surface area contributed by atoms with Gasteiger partial charge in [0.05, 0.1) is 23.8 Å². The SMILES string of the molecule is CCc1c(C)sc2nc(SCC(=O)N3CCc4ccccc43)n(CC3CCCO3)c(=O)c12. The van der Waals surface area contributed by atoms with Gasteiger partial charge in [0, 0.05) is 23.7 Å². The number of rotatable bonds is 6. The van der Waals surface area contributed by atoms with E-state index in [4.69, 9.17) is 9.72 Å². The van der Waals surface area contributed by atoms with Crippen LogP contribution in [-0.2, 0) is 28.9 Å². The number of ether oxygens (including phenoxy) is 1. The Morgan fingerprint density at radius 3 is 2.97 bits per heavy atom. The molecule has 1 unspecified atom stereocenters. The van der Waals surface area contributed by atoms with Gasteiger partial charge >= 0.3 is 0 Å². The van der Waals surface area contributed by atoms with Gasteiger partial charge in [0.25, 0.3) is 5.56 Å². The minimum atomic E-state index is -0.00633. The molecule has 4 heterocycles. The van der Waals surface area contributed by atoms with Crippen LogP contribution in [0.1, 0.15) is 35.8 Å². The minimum absolute atomic E-state index is 0.00633. The third kappa shape index (κ3) is 3.89. The lowest BCUT2D eigenvalue weighted by molar-refractivity contribution is -0.116. The molecule has 1 saturated heterocycles. The van der Waals surface area contributed by atoms with Gasteiger partial charge in [-0.2, -0.15) is 0 Å². The van der Waals surface area contributed by atoms with Crippen LogP contribution in [0.5, 0.6) is 0 Å². The molecule has 0 radical (unpaired) electrons. The molecule has 0 spiro atoms. The first-order valence-electron chi connectivity index (χ1n) is 11.2. The molecule has 168 valence electrons. The first-order valence-corrected chi connectivity index (χ1v) is 13.0. The molecule has 8 heteroatoms. The van der Waals surface area contributed by atoms with E-state index in [9.17, 15) is 9.59 Å². The van der Waals surface area contributed by atoms with Crippen LogP contribution in [0.15, 0.2) is 34.2 Å². The van der Waals surface area contributed by atoms with E-state index in [1.165, 1.54) is 17.3 Å². The van der Waals surface area contributed by atoms with E-state index in [0.29, 0.717) is 18.2 Å². The van der Waals surface area contributed by atoms with Crippen molar-refractivity contribution in [3.8, 4) is 0 Å². The van der Waals surface area contributed by atoms with Gasteiger partial charge in [0.15, 0.2) is 5.16 Å². The fourth-order valence-electron chi connectivity index (χ4n) is 4.72. The Morgan fingerprint density at radius 2 is 2.19 bits per heavy atom. The smallest absolute Gasteiger partial charge is 0.263 e. The number of nitrogens with zero attached hydrogens (tertiary/aromatic N) is 3. The third-order valence-electron chi connectivity index (χ3n) is 6.35. The maximum absolute atomic E-state index is 13.6. The van der Waals surface area contributed by atoms with Crippen LogP contribution >= 0.6 is 23.1 Å². The summed E-state index contributed by atoms with van der Waals surface area (Å²) >= 11 is 2.93. The van der Waals surface area contributed by atoms with Crippen LogP contribution in [0.3, 0.4) is 0 Å². The Morgan fingerprint density at radius 1 is 1.34 bits per heavy atom. The van der Waals surface area contributed by atoms with E-state index >= 15 is 0 Å². The maximum atomic E-state index is 13.6. The Balaban J connectivity index is 1.45. The average molecular weight is 470 g/mol. The van der Waals surface area contributed by atoms with Gasteiger partial charge in [-0.05, 0) is 49.8 Å². The van der Waals surface area contributed by atoms with E-state index in [-0.39, 0.29) is 23.3 Å². The van der Waals surface area contributed by atoms with Crippen molar-refractivity contribution in [3.05, 3.63) is 50.6 Å². The lowest BCUT2D eigenvalue weighted by Gasteiger charge is -2.19. The Labute approximate surface area is 195 Å². The molecule has 1 fully saturated rings. The highest BCUT2D eigenvalue weighted by molar-refractivity contribution is 7.99. The topological polar surface area (TPSA) is 64.4 Å². The summed E-state index contributed by atoms with van der Waals surface area (Å²) in [5.74, 6) is 0.303. The second-order valence-corrected chi connectivity index (χ2v) is 10.5. The number of carbonyl (C=O) groups excluding carboxylic acids is 1. The molecule has 32 heavy (non-hydrogen) atoms. The zero-order valence-electron chi connectivity index (χ0n) is 18.4. The number of thioether (sulfide) groups is 1. The molecule has 1 atom stereocenters. The predicted octanol–water partition coefficient (Wildman–Crippen LogP) is 4.19.